The van der Waals surface area contributed by atoms with Gasteiger partial charge in [-0.3, -0.25) is 9.36 Å². The highest BCUT2D eigenvalue weighted by Gasteiger charge is 2.10. The van der Waals surface area contributed by atoms with Gasteiger partial charge in [-0.15, -0.1) is 0 Å². The highest BCUT2D eigenvalue weighted by atomic mass is 16.5. The van der Waals surface area contributed by atoms with Crippen molar-refractivity contribution in [2.45, 2.75) is 33.4 Å². The van der Waals surface area contributed by atoms with Crippen molar-refractivity contribution in [3.8, 4) is 5.75 Å². The van der Waals surface area contributed by atoms with Crippen molar-refractivity contribution >= 4 is 16.9 Å². The summed E-state index contributed by atoms with van der Waals surface area (Å²) in [6.45, 7) is 5.98. The van der Waals surface area contributed by atoms with Gasteiger partial charge in [-0.1, -0.05) is 12.1 Å². The minimum absolute atomic E-state index is 0.0694. The van der Waals surface area contributed by atoms with Gasteiger partial charge in [0.1, 0.15) is 18.2 Å². The van der Waals surface area contributed by atoms with Crippen LogP contribution in [0.1, 0.15) is 30.0 Å². The van der Waals surface area contributed by atoms with Crippen molar-refractivity contribution in [1.29, 1.82) is 0 Å². The number of carbonyl (C=O) groups excluding carboxylic acids is 1. The summed E-state index contributed by atoms with van der Waals surface area (Å²) in [5.74, 6) is 0.849. The van der Waals surface area contributed by atoms with Gasteiger partial charge in [-0.25, -0.2) is 9.78 Å². The predicted octanol–water partition coefficient (Wildman–Crippen LogP) is 3.35. The van der Waals surface area contributed by atoms with Crippen LogP contribution < -0.4 is 10.3 Å². The van der Waals surface area contributed by atoms with E-state index in [1.807, 2.05) is 19.9 Å². The Morgan fingerprint density at radius 3 is 2.52 bits per heavy atom. The number of esters is 1. The molecule has 27 heavy (non-hydrogen) atoms. The molecule has 0 fully saturated rings. The fourth-order valence-corrected chi connectivity index (χ4v) is 2.80. The number of para-hydroxylation sites is 1. The second-order valence-electron chi connectivity index (χ2n) is 6.46. The van der Waals surface area contributed by atoms with Crippen LogP contribution in [-0.4, -0.2) is 28.2 Å². The van der Waals surface area contributed by atoms with Crippen LogP contribution >= 0.6 is 0 Å². The maximum Gasteiger partial charge on any atom is 0.338 e. The van der Waals surface area contributed by atoms with E-state index in [1.54, 1.807) is 49.4 Å². The van der Waals surface area contributed by atoms with Gasteiger partial charge in [0, 0.05) is 0 Å². The van der Waals surface area contributed by atoms with Gasteiger partial charge in [0.05, 0.1) is 29.1 Å². The van der Waals surface area contributed by atoms with Crippen LogP contribution in [0.5, 0.6) is 5.75 Å². The standard InChI is InChI=1S/C21H22N2O4/c1-14(2)27-17-10-8-16(9-11-17)21(25)26-13-12-23-15(3)22-19-7-5-4-6-18(19)20(23)24/h4-11,14H,12-13H2,1-3H3. The van der Waals surface area contributed by atoms with E-state index < -0.39 is 5.97 Å². The first-order chi connectivity index (χ1) is 13.0. The molecule has 0 saturated heterocycles. The van der Waals surface area contributed by atoms with Crippen molar-refractivity contribution < 1.29 is 14.3 Å². The van der Waals surface area contributed by atoms with E-state index in [-0.39, 0.29) is 24.8 Å². The number of aromatic nitrogens is 2. The lowest BCUT2D eigenvalue weighted by Crippen LogP contribution is -2.26. The van der Waals surface area contributed by atoms with Crippen LogP contribution in [0.2, 0.25) is 0 Å². The van der Waals surface area contributed by atoms with Crippen molar-refractivity contribution in [3.63, 3.8) is 0 Å². The third-order valence-corrected chi connectivity index (χ3v) is 4.06. The average Bonchev–Trinajstić information content (AvgIpc) is 2.64. The molecule has 3 aromatic rings. The molecule has 0 bridgehead atoms. The lowest BCUT2D eigenvalue weighted by atomic mass is 10.2. The highest BCUT2D eigenvalue weighted by molar-refractivity contribution is 5.89. The molecule has 0 radical (unpaired) electrons. The summed E-state index contributed by atoms with van der Waals surface area (Å²) < 4.78 is 12.4. The van der Waals surface area contributed by atoms with Crippen LogP contribution in [-0.2, 0) is 11.3 Å². The summed E-state index contributed by atoms with van der Waals surface area (Å²) in [6.07, 6.45) is 0.0694. The van der Waals surface area contributed by atoms with E-state index in [0.717, 1.165) is 0 Å². The van der Waals surface area contributed by atoms with E-state index in [0.29, 0.717) is 28.0 Å². The Kier molecular flexibility index (Phi) is 5.54. The average molecular weight is 366 g/mol. The van der Waals surface area contributed by atoms with Crippen LogP contribution in [0.4, 0.5) is 0 Å². The maximum absolute atomic E-state index is 12.6. The molecule has 6 nitrogen and oxygen atoms in total. The molecular weight excluding hydrogens is 344 g/mol. The van der Waals surface area contributed by atoms with Crippen molar-refractivity contribution in [2.24, 2.45) is 0 Å². The van der Waals surface area contributed by atoms with Gasteiger partial charge in [0.15, 0.2) is 0 Å². The fourth-order valence-electron chi connectivity index (χ4n) is 2.80. The van der Waals surface area contributed by atoms with Crippen LogP contribution in [0.3, 0.4) is 0 Å². The Balaban J connectivity index is 1.65. The summed E-state index contributed by atoms with van der Waals surface area (Å²) in [6, 6.07) is 14.0. The zero-order valence-corrected chi connectivity index (χ0v) is 15.6. The normalized spacial score (nSPS) is 11.0. The molecule has 0 amide bonds. The number of nitrogens with zero attached hydrogens (tertiary/aromatic N) is 2. The number of benzene rings is 2. The minimum Gasteiger partial charge on any atom is -0.491 e. The van der Waals surface area contributed by atoms with E-state index >= 15 is 0 Å². The number of ether oxygens (including phenoxy) is 2. The molecule has 0 aliphatic heterocycles. The molecule has 6 heteroatoms. The van der Waals surface area contributed by atoms with Gasteiger partial charge in [0.25, 0.3) is 5.56 Å². The summed E-state index contributed by atoms with van der Waals surface area (Å²) in [5.41, 5.74) is 0.966. The predicted molar refractivity (Wildman–Crippen MR) is 103 cm³/mol. The van der Waals surface area contributed by atoms with Crippen molar-refractivity contribution in [3.05, 3.63) is 70.3 Å². The van der Waals surface area contributed by atoms with E-state index in [9.17, 15) is 9.59 Å². The third-order valence-electron chi connectivity index (χ3n) is 4.06. The molecule has 1 heterocycles. The molecule has 0 N–H and O–H groups in total. The molecule has 0 aliphatic carbocycles. The molecule has 0 unspecified atom stereocenters. The third kappa shape index (κ3) is 4.34. The number of aryl methyl sites for hydroxylation is 1. The Hall–Kier alpha value is -3.15. The molecular formula is C21H22N2O4. The summed E-state index contributed by atoms with van der Waals surface area (Å²) >= 11 is 0. The summed E-state index contributed by atoms with van der Waals surface area (Å²) in [5, 5.41) is 0.551. The SMILES string of the molecule is Cc1nc2ccccc2c(=O)n1CCOC(=O)c1ccc(OC(C)C)cc1. The molecule has 3 rings (SSSR count). The molecule has 0 aliphatic rings. The molecule has 140 valence electrons. The first kappa shape index (κ1) is 18.6. The van der Waals surface area contributed by atoms with Gasteiger partial charge in [-0.05, 0) is 57.2 Å². The molecule has 0 saturated carbocycles. The Bertz CT molecular complexity index is 1010. The molecule has 0 spiro atoms. The lowest BCUT2D eigenvalue weighted by Gasteiger charge is -2.12. The van der Waals surface area contributed by atoms with E-state index in [2.05, 4.69) is 4.98 Å². The number of hydrogen-bond acceptors (Lipinski definition) is 5. The maximum atomic E-state index is 12.6. The van der Waals surface area contributed by atoms with Crippen molar-refractivity contribution in [1.82, 2.24) is 9.55 Å². The Morgan fingerprint density at radius 1 is 1.11 bits per heavy atom. The summed E-state index contributed by atoms with van der Waals surface area (Å²) in [4.78, 5) is 29.2. The van der Waals surface area contributed by atoms with Crippen molar-refractivity contribution in [2.75, 3.05) is 6.61 Å². The smallest absolute Gasteiger partial charge is 0.338 e. The monoisotopic (exact) mass is 366 g/mol. The van der Waals surface area contributed by atoms with Gasteiger partial charge in [-0.2, -0.15) is 0 Å². The quantitative estimate of drug-likeness (QED) is 0.626. The van der Waals surface area contributed by atoms with E-state index in [1.165, 1.54) is 4.57 Å². The fraction of sp³-hybridized carbons (Fsp3) is 0.286. The second-order valence-corrected chi connectivity index (χ2v) is 6.46. The summed E-state index contributed by atoms with van der Waals surface area (Å²) in [7, 11) is 0. The number of rotatable bonds is 6. The van der Waals surface area contributed by atoms with E-state index in [4.69, 9.17) is 9.47 Å². The zero-order chi connectivity index (χ0) is 19.4. The topological polar surface area (TPSA) is 70.4 Å². The largest absolute Gasteiger partial charge is 0.491 e. The van der Waals surface area contributed by atoms with Crippen LogP contribution in [0.25, 0.3) is 10.9 Å². The Labute approximate surface area is 157 Å². The highest BCUT2D eigenvalue weighted by Crippen LogP contribution is 2.14. The van der Waals surface area contributed by atoms with Gasteiger partial charge < -0.3 is 9.47 Å². The van der Waals surface area contributed by atoms with Crippen LogP contribution in [0, 0.1) is 6.92 Å². The van der Waals surface area contributed by atoms with Crippen LogP contribution in [0.15, 0.2) is 53.3 Å². The van der Waals surface area contributed by atoms with Gasteiger partial charge in [0.2, 0.25) is 0 Å². The van der Waals surface area contributed by atoms with Gasteiger partial charge >= 0.3 is 5.97 Å². The lowest BCUT2D eigenvalue weighted by molar-refractivity contribution is 0.0489. The first-order valence-corrected chi connectivity index (χ1v) is 8.85. The Morgan fingerprint density at radius 2 is 1.81 bits per heavy atom. The number of hydrogen-bond donors (Lipinski definition) is 0. The number of fused-ring (bicyclic) bond motifs is 1. The first-order valence-electron chi connectivity index (χ1n) is 8.85. The molecule has 0 atom stereocenters. The molecule has 1 aromatic heterocycles. The zero-order valence-electron chi connectivity index (χ0n) is 15.6. The minimum atomic E-state index is -0.439. The number of carbonyl (C=O) groups is 1. The molecule has 2 aromatic carbocycles. The second kappa shape index (κ2) is 8.03.